The molecule has 1 aliphatic rings. The Morgan fingerprint density at radius 1 is 1.00 bits per heavy atom. The van der Waals surface area contributed by atoms with Gasteiger partial charge in [-0.25, -0.2) is 4.48 Å². The largest absolute Gasteiger partial charge is 0.280 e. The van der Waals surface area contributed by atoms with E-state index in [0.29, 0.717) is 0 Å². The summed E-state index contributed by atoms with van der Waals surface area (Å²) in [6.07, 6.45) is 2.29. The third-order valence-corrected chi connectivity index (χ3v) is 3.97. The molecule has 2 aromatic carbocycles. The molecule has 0 radical (unpaired) electrons. The van der Waals surface area contributed by atoms with Crippen LogP contribution in [0.3, 0.4) is 0 Å². The predicted octanol–water partition coefficient (Wildman–Crippen LogP) is 3.60. The molecular formula is C18H22N2+2. The van der Waals surface area contributed by atoms with E-state index < -0.39 is 0 Å². The van der Waals surface area contributed by atoms with Gasteiger partial charge in [-0.05, 0) is 25.5 Å². The number of benzene rings is 2. The smallest absolute Gasteiger partial charge is 0.240 e. The Bertz CT molecular complexity index is 682. The van der Waals surface area contributed by atoms with Gasteiger partial charge in [0, 0.05) is 17.7 Å². The van der Waals surface area contributed by atoms with Crippen LogP contribution in [-0.2, 0) is 0 Å². The highest BCUT2D eigenvalue weighted by atomic mass is 15.4. The van der Waals surface area contributed by atoms with Crippen molar-refractivity contribution in [2.45, 2.75) is 13.8 Å². The molecule has 2 nitrogen and oxygen atoms in total. The van der Waals surface area contributed by atoms with Crippen LogP contribution in [0.4, 0.5) is 11.4 Å². The molecule has 0 saturated heterocycles. The van der Waals surface area contributed by atoms with E-state index in [1.807, 2.05) is 0 Å². The van der Waals surface area contributed by atoms with Gasteiger partial charge in [0.2, 0.25) is 5.69 Å². The fraction of sp³-hybridized carbons (Fsp3) is 0.278. The monoisotopic (exact) mass is 266 g/mol. The summed E-state index contributed by atoms with van der Waals surface area (Å²) in [6.45, 7) is 5.35. The van der Waals surface area contributed by atoms with E-state index in [-0.39, 0.29) is 0 Å². The van der Waals surface area contributed by atoms with Gasteiger partial charge in [0.25, 0.3) is 6.67 Å². The molecule has 102 valence electrons. The van der Waals surface area contributed by atoms with Crippen molar-refractivity contribution in [2.24, 2.45) is 0 Å². The Balaban J connectivity index is 2.20. The molecule has 3 rings (SSSR count). The molecule has 20 heavy (non-hydrogen) atoms. The van der Waals surface area contributed by atoms with E-state index >= 15 is 0 Å². The van der Waals surface area contributed by atoms with Gasteiger partial charge in [-0.2, -0.15) is 0 Å². The third-order valence-electron chi connectivity index (χ3n) is 3.97. The Morgan fingerprint density at radius 3 is 2.40 bits per heavy atom. The van der Waals surface area contributed by atoms with Gasteiger partial charge in [0.15, 0.2) is 11.9 Å². The summed E-state index contributed by atoms with van der Waals surface area (Å²) in [6, 6.07) is 15.2. The number of fused-ring (bicyclic) bond motifs is 1. The zero-order valence-corrected chi connectivity index (χ0v) is 12.7. The molecule has 0 amide bonds. The van der Waals surface area contributed by atoms with Crippen LogP contribution in [-0.4, -0.2) is 31.6 Å². The number of rotatable bonds is 1. The van der Waals surface area contributed by atoms with Crippen LogP contribution in [0, 0.1) is 13.8 Å². The summed E-state index contributed by atoms with van der Waals surface area (Å²) in [5.74, 6) is 0. The normalized spacial score (nSPS) is 16.5. The zero-order valence-electron chi connectivity index (χ0n) is 12.7. The Morgan fingerprint density at radius 2 is 1.70 bits per heavy atom. The van der Waals surface area contributed by atoms with Gasteiger partial charge in [0.05, 0.1) is 14.1 Å². The van der Waals surface area contributed by atoms with Gasteiger partial charge in [-0.3, -0.25) is 0 Å². The number of para-hydroxylation sites is 1. The van der Waals surface area contributed by atoms with Crippen molar-refractivity contribution in [1.82, 2.24) is 4.48 Å². The van der Waals surface area contributed by atoms with Crippen LogP contribution in [0.15, 0.2) is 42.5 Å². The quantitative estimate of drug-likeness (QED) is 0.548. The van der Waals surface area contributed by atoms with E-state index in [1.165, 1.54) is 28.1 Å². The molecular weight excluding hydrogens is 244 g/mol. The maximum Gasteiger partial charge on any atom is 0.280 e. The van der Waals surface area contributed by atoms with Crippen molar-refractivity contribution in [3.8, 4) is 0 Å². The lowest BCUT2D eigenvalue weighted by Crippen LogP contribution is -2.49. The van der Waals surface area contributed by atoms with Crippen LogP contribution >= 0.6 is 0 Å². The molecule has 0 N–H and O–H groups in total. The second-order valence-corrected chi connectivity index (χ2v) is 6.28. The van der Waals surface area contributed by atoms with Crippen molar-refractivity contribution in [3.05, 3.63) is 59.2 Å². The SMILES string of the molecule is Cc1cc(C)c2c(c1)C=[N+](c1ccccc1)C[N+]2(C)C. The van der Waals surface area contributed by atoms with Crippen LogP contribution < -0.4 is 4.48 Å². The molecule has 0 spiro atoms. The first-order valence-electron chi connectivity index (χ1n) is 7.09. The molecule has 0 saturated carbocycles. The predicted molar refractivity (Wildman–Crippen MR) is 86.0 cm³/mol. The molecule has 0 aromatic heterocycles. The summed E-state index contributed by atoms with van der Waals surface area (Å²) in [5, 5.41) is 0. The van der Waals surface area contributed by atoms with E-state index in [4.69, 9.17) is 0 Å². The van der Waals surface area contributed by atoms with Gasteiger partial charge in [-0.1, -0.05) is 24.3 Å². The second kappa shape index (κ2) is 4.57. The van der Waals surface area contributed by atoms with Crippen molar-refractivity contribution >= 4 is 17.6 Å². The maximum atomic E-state index is 2.35. The van der Waals surface area contributed by atoms with Gasteiger partial charge < -0.3 is 0 Å². The van der Waals surface area contributed by atoms with Gasteiger partial charge >= 0.3 is 0 Å². The third kappa shape index (κ3) is 2.16. The fourth-order valence-electron chi connectivity index (χ4n) is 3.35. The van der Waals surface area contributed by atoms with Gasteiger partial charge in [0.1, 0.15) is 5.56 Å². The summed E-state index contributed by atoms with van der Waals surface area (Å²) in [5.41, 5.74) is 6.73. The highest BCUT2D eigenvalue weighted by Crippen LogP contribution is 2.32. The lowest BCUT2D eigenvalue weighted by Gasteiger charge is -2.32. The second-order valence-electron chi connectivity index (χ2n) is 6.28. The Labute approximate surface area is 121 Å². The summed E-state index contributed by atoms with van der Waals surface area (Å²) < 4.78 is 3.23. The number of hydrogen-bond donors (Lipinski definition) is 0. The van der Waals surface area contributed by atoms with Crippen LogP contribution in [0.2, 0.25) is 0 Å². The summed E-state index contributed by atoms with van der Waals surface area (Å²) in [7, 11) is 4.56. The zero-order chi connectivity index (χ0) is 14.3. The highest BCUT2D eigenvalue weighted by molar-refractivity contribution is 5.87. The van der Waals surface area contributed by atoms with E-state index in [2.05, 4.69) is 81.2 Å². The first kappa shape index (κ1) is 13.1. The topological polar surface area (TPSA) is 3.01 Å². The minimum atomic E-state index is 0.882. The average Bonchev–Trinajstić information content (AvgIpc) is 2.37. The first-order chi connectivity index (χ1) is 9.47. The molecule has 2 aromatic rings. The van der Waals surface area contributed by atoms with Crippen molar-refractivity contribution in [3.63, 3.8) is 0 Å². The lowest BCUT2D eigenvalue weighted by atomic mass is 10.0. The highest BCUT2D eigenvalue weighted by Gasteiger charge is 2.35. The van der Waals surface area contributed by atoms with E-state index in [9.17, 15) is 0 Å². The number of quaternary nitrogens is 1. The van der Waals surface area contributed by atoms with E-state index in [1.54, 1.807) is 0 Å². The number of nitrogens with zero attached hydrogens (tertiary/aromatic N) is 2. The summed E-state index contributed by atoms with van der Waals surface area (Å²) in [4.78, 5) is 0. The average molecular weight is 266 g/mol. The number of aryl methyl sites for hydroxylation is 2. The molecule has 1 heterocycles. The molecule has 0 aliphatic carbocycles. The lowest BCUT2D eigenvalue weighted by molar-refractivity contribution is -0.459. The molecule has 2 heteroatoms. The minimum Gasteiger partial charge on any atom is -0.240 e. The molecule has 0 bridgehead atoms. The fourth-order valence-corrected chi connectivity index (χ4v) is 3.35. The van der Waals surface area contributed by atoms with Crippen LogP contribution in [0.25, 0.3) is 0 Å². The molecule has 0 atom stereocenters. The Kier molecular flexibility index (Phi) is 2.98. The van der Waals surface area contributed by atoms with Crippen molar-refractivity contribution in [2.75, 3.05) is 20.8 Å². The summed E-state index contributed by atoms with van der Waals surface area (Å²) >= 11 is 0. The van der Waals surface area contributed by atoms with Crippen LogP contribution in [0.1, 0.15) is 16.7 Å². The molecule has 0 unspecified atom stereocenters. The maximum absolute atomic E-state index is 2.35. The van der Waals surface area contributed by atoms with Gasteiger partial charge in [-0.15, -0.1) is 4.58 Å². The van der Waals surface area contributed by atoms with E-state index in [0.717, 1.165) is 11.2 Å². The Hall–Kier alpha value is -1.93. The molecule has 0 fully saturated rings. The van der Waals surface area contributed by atoms with Crippen molar-refractivity contribution in [1.29, 1.82) is 0 Å². The first-order valence-corrected chi connectivity index (χ1v) is 7.09. The minimum absolute atomic E-state index is 0.882. The number of hydrogen-bond acceptors (Lipinski definition) is 0. The van der Waals surface area contributed by atoms with Crippen molar-refractivity contribution < 1.29 is 4.58 Å². The molecule has 1 aliphatic heterocycles. The standard InChI is InChI=1S/C18H22N2/c1-14-10-15(2)18-16(11-14)12-19(13-20(18,3)4)17-8-6-5-7-9-17/h5-12H,13H2,1-4H3/q+2. The van der Waals surface area contributed by atoms with Crippen LogP contribution in [0.5, 0.6) is 0 Å².